The number of aromatic nitrogens is 4. The van der Waals surface area contributed by atoms with Crippen molar-refractivity contribution in [3.8, 4) is 0 Å². The molecule has 0 amide bonds. The van der Waals surface area contributed by atoms with Crippen LogP contribution in [0.25, 0.3) is 0 Å². The second-order valence-electron chi connectivity index (χ2n) is 5.14. The van der Waals surface area contributed by atoms with Crippen LogP contribution in [-0.4, -0.2) is 26.5 Å². The van der Waals surface area contributed by atoms with Crippen LogP contribution < -0.4 is 5.32 Å². The van der Waals surface area contributed by atoms with Crippen molar-refractivity contribution in [2.45, 2.75) is 19.6 Å². The number of nitrogens with one attached hydrogen (secondary N) is 1. The Morgan fingerprint density at radius 3 is 2.04 bits per heavy atom. The average molecular weight is 321 g/mol. The first-order valence-electron chi connectivity index (χ1n) is 7.84. The van der Waals surface area contributed by atoms with Crippen molar-refractivity contribution in [1.29, 1.82) is 0 Å². The highest BCUT2D eigenvalue weighted by molar-refractivity contribution is 5.35. The van der Waals surface area contributed by atoms with Crippen molar-refractivity contribution in [1.82, 2.24) is 19.9 Å². The number of hydrogen-bond acceptors (Lipinski definition) is 6. The third-order valence-corrected chi connectivity index (χ3v) is 3.42. The van der Waals surface area contributed by atoms with E-state index in [-0.39, 0.29) is 6.04 Å². The molecule has 0 atom stereocenters. The van der Waals surface area contributed by atoms with Crippen molar-refractivity contribution in [2.24, 2.45) is 0 Å². The van der Waals surface area contributed by atoms with Gasteiger partial charge in [0, 0.05) is 37.0 Å². The van der Waals surface area contributed by atoms with Crippen molar-refractivity contribution in [3.63, 3.8) is 0 Å². The number of rotatable bonds is 7. The zero-order valence-corrected chi connectivity index (χ0v) is 13.5. The molecule has 3 heterocycles. The minimum Gasteiger partial charge on any atom is -0.377 e. The molecule has 3 aromatic heterocycles. The second-order valence-corrected chi connectivity index (χ2v) is 5.14. The predicted molar refractivity (Wildman–Crippen MR) is 91.3 cm³/mol. The first-order valence-corrected chi connectivity index (χ1v) is 7.84. The van der Waals surface area contributed by atoms with Crippen molar-refractivity contribution in [3.05, 3.63) is 78.1 Å². The molecule has 0 saturated heterocycles. The third kappa shape index (κ3) is 4.11. The van der Waals surface area contributed by atoms with Gasteiger partial charge in [-0.25, -0.2) is 9.97 Å². The minimum atomic E-state index is -0.217. The Bertz CT molecular complexity index is 695. The van der Waals surface area contributed by atoms with Gasteiger partial charge in [0.1, 0.15) is 6.04 Å². The van der Waals surface area contributed by atoms with Gasteiger partial charge in [0.25, 0.3) is 0 Å². The van der Waals surface area contributed by atoms with Gasteiger partial charge in [0.15, 0.2) is 0 Å². The highest BCUT2D eigenvalue weighted by atomic mass is 16.5. The van der Waals surface area contributed by atoms with E-state index in [1.54, 1.807) is 24.8 Å². The fourth-order valence-corrected chi connectivity index (χ4v) is 2.25. The quantitative estimate of drug-likeness (QED) is 0.721. The molecule has 0 saturated carbocycles. The predicted octanol–water partition coefficient (Wildman–Crippen LogP) is 3.00. The zero-order valence-electron chi connectivity index (χ0n) is 13.5. The molecule has 0 spiro atoms. The summed E-state index contributed by atoms with van der Waals surface area (Å²) in [5.74, 6) is 0.525. The molecule has 3 aromatic rings. The van der Waals surface area contributed by atoms with Gasteiger partial charge < -0.3 is 10.1 Å². The first kappa shape index (κ1) is 16.0. The molecule has 0 aliphatic carbocycles. The number of ether oxygens (including phenoxy) is 1. The number of pyridine rings is 2. The molecule has 0 aromatic carbocycles. The maximum absolute atomic E-state index is 5.36. The fourth-order valence-electron chi connectivity index (χ4n) is 2.25. The summed E-state index contributed by atoms with van der Waals surface area (Å²) in [6, 6.07) is 11.4. The maximum atomic E-state index is 5.36. The highest BCUT2D eigenvalue weighted by Gasteiger charge is 2.17. The molecule has 3 rings (SSSR count). The van der Waals surface area contributed by atoms with Crippen LogP contribution in [0.4, 0.5) is 5.95 Å². The van der Waals surface area contributed by atoms with Crippen LogP contribution in [0.2, 0.25) is 0 Å². The highest BCUT2D eigenvalue weighted by Crippen LogP contribution is 2.21. The summed E-state index contributed by atoms with van der Waals surface area (Å²) < 4.78 is 5.36. The molecule has 6 nitrogen and oxygen atoms in total. The van der Waals surface area contributed by atoms with E-state index >= 15 is 0 Å². The van der Waals surface area contributed by atoms with Crippen LogP contribution in [-0.2, 0) is 11.3 Å². The molecule has 0 fully saturated rings. The van der Waals surface area contributed by atoms with E-state index in [1.807, 2.05) is 43.3 Å². The molecule has 122 valence electrons. The molecular weight excluding hydrogens is 302 g/mol. The van der Waals surface area contributed by atoms with Gasteiger partial charge in [-0.1, -0.05) is 12.1 Å². The third-order valence-electron chi connectivity index (χ3n) is 3.42. The average Bonchev–Trinajstić information content (AvgIpc) is 2.67. The molecule has 0 bridgehead atoms. The SMILES string of the molecule is CCOCc1cnc(NC(c2ccccn2)c2ccccn2)nc1. The Morgan fingerprint density at radius 2 is 1.54 bits per heavy atom. The van der Waals surface area contributed by atoms with Gasteiger partial charge in [-0.05, 0) is 31.2 Å². The van der Waals surface area contributed by atoms with Crippen LogP contribution in [0.1, 0.15) is 29.9 Å². The van der Waals surface area contributed by atoms with Crippen molar-refractivity contribution in [2.75, 3.05) is 11.9 Å². The summed E-state index contributed by atoms with van der Waals surface area (Å²) in [7, 11) is 0. The number of nitrogens with zero attached hydrogens (tertiary/aromatic N) is 4. The first-order chi connectivity index (χ1) is 11.9. The lowest BCUT2D eigenvalue weighted by Crippen LogP contribution is -2.16. The monoisotopic (exact) mass is 321 g/mol. The molecule has 6 heteroatoms. The van der Waals surface area contributed by atoms with E-state index in [2.05, 4.69) is 25.3 Å². The summed E-state index contributed by atoms with van der Waals surface area (Å²) in [5.41, 5.74) is 2.66. The molecular formula is C18H19N5O. The lowest BCUT2D eigenvalue weighted by Gasteiger charge is -2.17. The van der Waals surface area contributed by atoms with Gasteiger partial charge in [-0.3, -0.25) is 9.97 Å². The topological polar surface area (TPSA) is 72.8 Å². The normalized spacial score (nSPS) is 10.8. The maximum Gasteiger partial charge on any atom is 0.223 e. The fraction of sp³-hybridized carbons (Fsp3) is 0.222. The van der Waals surface area contributed by atoms with Crippen LogP contribution in [0, 0.1) is 0 Å². The molecule has 1 N–H and O–H groups in total. The van der Waals surface area contributed by atoms with E-state index in [1.165, 1.54) is 0 Å². The Kier molecular flexibility index (Phi) is 5.42. The van der Waals surface area contributed by atoms with Crippen LogP contribution in [0.15, 0.2) is 61.2 Å². The van der Waals surface area contributed by atoms with Gasteiger partial charge in [-0.2, -0.15) is 0 Å². The van der Waals surface area contributed by atoms with Gasteiger partial charge in [0.05, 0.1) is 18.0 Å². The second kappa shape index (κ2) is 8.12. The smallest absolute Gasteiger partial charge is 0.223 e. The number of anilines is 1. The van der Waals surface area contributed by atoms with E-state index in [4.69, 9.17) is 4.74 Å². The van der Waals surface area contributed by atoms with E-state index in [0.717, 1.165) is 17.0 Å². The molecule has 0 radical (unpaired) electrons. The van der Waals surface area contributed by atoms with E-state index < -0.39 is 0 Å². The van der Waals surface area contributed by atoms with Crippen molar-refractivity contribution >= 4 is 5.95 Å². The Labute approximate surface area is 141 Å². The zero-order chi connectivity index (χ0) is 16.6. The lowest BCUT2D eigenvalue weighted by molar-refractivity contribution is 0.133. The van der Waals surface area contributed by atoms with Crippen LogP contribution in [0.3, 0.4) is 0 Å². The summed E-state index contributed by atoms with van der Waals surface area (Å²) in [5, 5.41) is 3.31. The van der Waals surface area contributed by atoms with Crippen molar-refractivity contribution < 1.29 is 4.74 Å². The molecule has 24 heavy (non-hydrogen) atoms. The Balaban J connectivity index is 1.82. The van der Waals surface area contributed by atoms with Crippen LogP contribution >= 0.6 is 0 Å². The molecule has 0 unspecified atom stereocenters. The molecule has 0 aliphatic rings. The minimum absolute atomic E-state index is 0.217. The van der Waals surface area contributed by atoms with E-state index in [0.29, 0.717) is 19.2 Å². The summed E-state index contributed by atoms with van der Waals surface area (Å²) >= 11 is 0. The summed E-state index contributed by atoms with van der Waals surface area (Å²) in [4.78, 5) is 17.6. The summed E-state index contributed by atoms with van der Waals surface area (Å²) in [6.45, 7) is 3.14. The van der Waals surface area contributed by atoms with Gasteiger partial charge in [-0.15, -0.1) is 0 Å². The summed E-state index contributed by atoms with van der Waals surface area (Å²) in [6.07, 6.45) is 7.05. The van der Waals surface area contributed by atoms with E-state index in [9.17, 15) is 0 Å². The Morgan fingerprint density at radius 1 is 0.917 bits per heavy atom. The van der Waals surface area contributed by atoms with Gasteiger partial charge in [0.2, 0.25) is 5.95 Å². The lowest BCUT2D eigenvalue weighted by atomic mass is 10.1. The standard InChI is InChI=1S/C18H19N5O/c1-2-24-13-14-11-21-18(22-12-14)23-17(15-7-3-5-9-19-15)16-8-4-6-10-20-16/h3-12,17H,2,13H2,1H3,(H,21,22,23). The Hall–Kier alpha value is -2.86. The van der Waals surface area contributed by atoms with Gasteiger partial charge >= 0.3 is 0 Å². The van der Waals surface area contributed by atoms with Crippen LogP contribution in [0.5, 0.6) is 0 Å². The molecule has 0 aliphatic heterocycles. The largest absolute Gasteiger partial charge is 0.377 e. The number of hydrogen-bond donors (Lipinski definition) is 1.